The standard InChI is InChI=1S/C19H16N4O/c1-12(2)18-13(10-20)5-4-6-16(18)19(24)22-15-8-7-14-11-21-23(3)17(14)9-15/h4-9,11H,1H2,2-3H3,(H,22,24). The number of nitrogens with zero attached hydrogens (tertiary/aromatic N) is 3. The molecule has 0 aliphatic carbocycles. The first kappa shape index (κ1) is 15.5. The summed E-state index contributed by atoms with van der Waals surface area (Å²) in [6, 6.07) is 12.8. The molecule has 3 rings (SSSR count). The number of amides is 1. The van der Waals surface area contributed by atoms with Crippen molar-refractivity contribution in [3.63, 3.8) is 0 Å². The molecule has 1 N–H and O–H groups in total. The molecule has 5 heteroatoms. The second kappa shape index (κ2) is 6.01. The molecule has 0 spiro atoms. The van der Waals surface area contributed by atoms with Gasteiger partial charge in [-0.3, -0.25) is 9.48 Å². The SMILES string of the molecule is C=C(C)c1c(C#N)cccc1C(=O)Nc1ccc2cnn(C)c2c1. The van der Waals surface area contributed by atoms with Gasteiger partial charge in [-0.2, -0.15) is 10.4 Å². The van der Waals surface area contributed by atoms with Gasteiger partial charge in [0.1, 0.15) is 0 Å². The monoisotopic (exact) mass is 316 g/mol. The molecule has 0 saturated carbocycles. The Bertz CT molecular complexity index is 1010. The van der Waals surface area contributed by atoms with E-state index in [1.165, 1.54) is 0 Å². The highest BCUT2D eigenvalue weighted by Crippen LogP contribution is 2.24. The zero-order chi connectivity index (χ0) is 17.3. The molecule has 0 radical (unpaired) electrons. The summed E-state index contributed by atoms with van der Waals surface area (Å²) in [7, 11) is 1.85. The van der Waals surface area contributed by atoms with E-state index < -0.39 is 0 Å². The van der Waals surface area contributed by atoms with Crippen LogP contribution in [0.1, 0.15) is 28.4 Å². The first-order valence-electron chi connectivity index (χ1n) is 7.43. The van der Waals surface area contributed by atoms with Gasteiger partial charge in [0.05, 0.1) is 23.3 Å². The van der Waals surface area contributed by atoms with Crippen molar-refractivity contribution in [2.24, 2.45) is 7.05 Å². The third-order valence-corrected chi connectivity index (χ3v) is 3.86. The molecule has 1 amide bonds. The van der Waals surface area contributed by atoms with Gasteiger partial charge in [-0.1, -0.05) is 12.6 Å². The van der Waals surface area contributed by atoms with E-state index in [0.717, 1.165) is 10.9 Å². The number of aromatic nitrogens is 2. The topological polar surface area (TPSA) is 70.7 Å². The van der Waals surface area contributed by atoms with Crippen LogP contribution in [0.3, 0.4) is 0 Å². The minimum Gasteiger partial charge on any atom is -0.322 e. The first-order chi connectivity index (χ1) is 11.5. The number of nitrogens with one attached hydrogen (secondary N) is 1. The second-order valence-electron chi connectivity index (χ2n) is 5.62. The third-order valence-electron chi connectivity index (χ3n) is 3.86. The van der Waals surface area contributed by atoms with Crippen LogP contribution < -0.4 is 5.32 Å². The minimum absolute atomic E-state index is 0.272. The van der Waals surface area contributed by atoms with E-state index in [4.69, 9.17) is 0 Å². The Balaban J connectivity index is 1.99. The smallest absolute Gasteiger partial charge is 0.256 e. The number of allylic oxidation sites excluding steroid dienone is 1. The van der Waals surface area contributed by atoms with E-state index >= 15 is 0 Å². The number of anilines is 1. The van der Waals surface area contributed by atoms with Gasteiger partial charge in [0.2, 0.25) is 0 Å². The van der Waals surface area contributed by atoms with Crippen molar-refractivity contribution < 1.29 is 4.79 Å². The van der Waals surface area contributed by atoms with E-state index in [1.54, 1.807) is 36.0 Å². The van der Waals surface area contributed by atoms with E-state index in [2.05, 4.69) is 23.1 Å². The summed E-state index contributed by atoms with van der Waals surface area (Å²) >= 11 is 0. The number of carbonyl (C=O) groups excluding carboxylic acids is 1. The van der Waals surface area contributed by atoms with E-state index in [9.17, 15) is 10.1 Å². The summed E-state index contributed by atoms with van der Waals surface area (Å²) in [5.41, 5.74) is 3.74. The molecular weight excluding hydrogens is 300 g/mol. The highest BCUT2D eigenvalue weighted by atomic mass is 16.1. The number of hydrogen-bond acceptors (Lipinski definition) is 3. The molecule has 0 bridgehead atoms. The largest absolute Gasteiger partial charge is 0.322 e. The van der Waals surface area contributed by atoms with Crippen molar-refractivity contribution in [2.75, 3.05) is 5.32 Å². The number of carbonyl (C=O) groups is 1. The molecule has 24 heavy (non-hydrogen) atoms. The Hall–Kier alpha value is -3.39. The lowest BCUT2D eigenvalue weighted by Crippen LogP contribution is -2.14. The Morgan fingerprint density at radius 2 is 2.12 bits per heavy atom. The van der Waals surface area contributed by atoms with Crippen molar-refractivity contribution in [3.8, 4) is 6.07 Å². The quantitative estimate of drug-likeness (QED) is 0.800. The average molecular weight is 316 g/mol. The molecule has 5 nitrogen and oxygen atoms in total. The Labute approximate surface area is 139 Å². The van der Waals surface area contributed by atoms with Gasteiger partial charge in [0.25, 0.3) is 5.91 Å². The van der Waals surface area contributed by atoms with Gasteiger partial charge in [0, 0.05) is 29.2 Å². The predicted molar refractivity (Wildman–Crippen MR) is 94.5 cm³/mol. The maximum Gasteiger partial charge on any atom is 0.256 e. The lowest BCUT2D eigenvalue weighted by atomic mass is 9.96. The number of aryl methyl sites for hydroxylation is 1. The summed E-state index contributed by atoms with van der Waals surface area (Å²) in [6.07, 6.45) is 1.77. The van der Waals surface area contributed by atoms with Gasteiger partial charge < -0.3 is 5.32 Å². The molecule has 0 unspecified atom stereocenters. The van der Waals surface area contributed by atoms with Gasteiger partial charge in [0.15, 0.2) is 0 Å². The van der Waals surface area contributed by atoms with Crippen LogP contribution in [-0.2, 0) is 7.05 Å². The highest BCUT2D eigenvalue weighted by Gasteiger charge is 2.16. The van der Waals surface area contributed by atoms with Crippen LogP contribution in [0.4, 0.5) is 5.69 Å². The van der Waals surface area contributed by atoms with Crippen LogP contribution in [0.25, 0.3) is 16.5 Å². The van der Waals surface area contributed by atoms with Crippen LogP contribution in [0.5, 0.6) is 0 Å². The zero-order valence-electron chi connectivity index (χ0n) is 13.5. The van der Waals surface area contributed by atoms with E-state index in [0.29, 0.717) is 28.0 Å². The fraction of sp³-hybridized carbons (Fsp3) is 0.105. The van der Waals surface area contributed by atoms with E-state index in [-0.39, 0.29) is 5.91 Å². The summed E-state index contributed by atoms with van der Waals surface area (Å²) in [6.45, 7) is 5.67. The average Bonchev–Trinajstić information content (AvgIpc) is 2.94. The lowest BCUT2D eigenvalue weighted by molar-refractivity contribution is 0.102. The maximum absolute atomic E-state index is 12.7. The fourth-order valence-electron chi connectivity index (χ4n) is 2.71. The van der Waals surface area contributed by atoms with Crippen LogP contribution in [0, 0.1) is 11.3 Å². The fourth-order valence-corrected chi connectivity index (χ4v) is 2.71. The van der Waals surface area contributed by atoms with Gasteiger partial charge >= 0.3 is 0 Å². The highest BCUT2D eigenvalue weighted by molar-refractivity contribution is 6.08. The molecule has 0 aliphatic heterocycles. The van der Waals surface area contributed by atoms with Crippen molar-refractivity contribution in [1.82, 2.24) is 9.78 Å². The summed E-state index contributed by atoms with van der Waals surface area (Å²) in [5.74, 6) is -0.272. The van der Waals surface area contributed by atoms with Crippen LogP contribution in [-0.4, -0.2) is 15.7 Å². The zero-order valence-corrected chi connectivity index (χ0v) is 13.5. The molecule has 3 aromatic rings. The number of nitriles is 1. The number of rotatable bonds is 3. The molecule has 0 saturated heterocycles. The minimum atomic E-state index is -0.272. The van der Waals surface area contributed by atoms with Gasteiger partial charge in [-0.05, 0) is 42.8 Å². The second-order valence-corrected chi connectivity index (χ2v) is 5.62. The molecular formula is C19H16N4O. The molecule has 0 fully saturated rings. The Kier molecular flexibility index (Phi) is 3.88. The summed E-state index contributed by atoms with van der Waals surface area (Å²) in [5, 5.41) is 17.3. The summed E-state index contributed by atoms with van der Waals surface area (Å²) < 4.78 is 1.75. The first-order valence-corrected chi connectivity index (χ1v) is 7.43. The number of fused-ring (bicyclic) bond motifs is 1. The van der Waals surface area contributed by atoms with E-state index in [1.807, 2.05) is 25.2 Å². The van der Waals surface area contributed by atoms with Crippen molar-refractivity contribution >= 4 is 28.1 Å². The lowest BCUT2D eigenvalue weighted by Gasteiger charge is -2.12. The molecule has 2 aromatic carbocycles. The summed E-state index contributed by atoms with van der Waals surface area (Å²) in [4.78, 5) is 12.7. The Morgan fingerprint density at radius 3 is 2.83 bits per heavy atom. The Morgan fingerprint density at radius 1 is 1.33 bits per heavy atom. The third kappa shape index (κ3) is 2.66. The predicted octanol–water partition coefficient (Wildman–Crippen LogP) is 3.73. The normalized spacial score (nSPS) is 10.4. The number of hydrogen-bond donors (Lipinski definition) is 1. The van der Waals surface area contributed by atoms with Crippen molar-refractivity contribution in [1.29, 1.82) is 5.26 Å². The molecule has 118 valence electrons. The van der Waals surface area contributed by atoms with Crippen LogP contribution in [0.15, 0.2) is 49.2 Å². The molecule has 0 atom stereocenters. The number of benzene rings is 2. The van der Waals surface area contributed by atoms with Crippen molar-refractivity contribution in [3.05, 3.63) is 65.9 Å². The maximum atomic E-state index is 12.7. The van der Waals surface area contributed by atoms with Gasteiger partial charge in [-0.15, -0.1) is 0 Å². The van der Waals surface area contributed by atoms with Crippen LogP contribution >= 0.6 is 0 Å². The van der Waals surface area contributed by atoms with Crippen molar-refractivity contribution in [2.45, 2.75) is 6.92 Å². The molecule has 1 heterocycles. The molecule has 0 aliphatic rings. The van der Waals surface area contributed by atoms with Crippen LogP contribution in [0.2, 0.25) is 0 Å². The van der Waals surface area contributed by atoms with Gasteiger partial charge in [-0.25, -0.2) is 0 Å². The molecule has 1 aromatic heterocycles.